The molecule has 5 nitrogen and oxygen atoms in total. The van der Waals surface area contributed by atoms with Crippen molar-refractivity contribution in [1.82, 2.24) is 0 Å². The van der Waals surface area contributed by atoms with Gasteiger partial charge in [0.25, 0.3) is 11.8 Å². The minimum Gasteiger partial charge on any atom is -0.481 e. The molecule has 0 saturated carbocycles. The van der Waals surface area contributed by atoms with Gasteiger partial charge in [-0.15, -0.1) is 0 Å². The first-order chi connectivity index (χ1) is 14.3. The lowest BCUT2D eigenvalue weighted by Gasteiger charge is -2.15. The lowest BCUT2D eigenvalue weighted by molar-refractivity contribution is -0.122. The Balaban J connectivity index is 1.59. The second-order valence-electron chi connectivity index (χ2n) is 6.98. The van der Waals surface area contributed by atoms with E-state index in [4.69, 9.17) is 16.3 Å². The number of halogens is 1. The lowest BCUT2D eigenvalue weighted by atomic mass is 10.1. The molecule has 0 aromatic heterocycles. The predicted octanol–water partition coefficient (Wildman–Crippen LogP) is 5.62. The van der Waals surface area contributed by atoms with Gasteiger partial charge in [-0.25, -0.2) is 0 Å². The Kier molecular flexibility index (Phi) is 6.75. The largest absolute Gasteiger partial charge is 0.481 e. The average Bonchev–Trinajstić information content (AvgIpc) is 2.73. The van der Waals surface area contributed by atoms with Crippen LogP contribution < -0.4 is 15.4 Å². The molecule has 0 aliphatic heterocycles. The van der Waals surface area contributed by atoms with Gasteiger partial charge in [-0.3, -0.25) is 9.59 Å². The van der Waals surface area contributed by atoms with E-state index in [0.29, 0.717) is 22.0 Å². The van der Waals surface area contributed by atoms with Gasteiger partial charge in [0, 0.05) is 22.0 Å². The molecule has 0 spiro atoms. The van der Waals surface area contributed by atoms with Crippen molar-refractivity contribution in [2.75, 3.05) is 10.6 Å². The quantitative estimate of drug-likeness (QED) is 0.542. The minimum absolute atomic E-state index is 0.205. The van der Waals surface area contributed by atoms with Crippen LogP contribution in [0.5, 0.6) is 5.75 Å². The molecule has 1 atom stereocenters. The monoisotopic (exact) mass is 422 g/mol. The van der Waals surface area contributed by atoms with Crippen molar-refractivity contribution >= 4 is 34.8 Å². The summed E-state index contributed by atoms with van der Waals surface area (Å²) in [5.41, 5.74) is 4.07. The van der Waals surface area contributed by atoms with Crippen molar-refractivity contribution in [1.29, 1.82) is 0 Å². The van der Waals surface area contributed by atoms with Gasteiger partial charge in [0.15, 0.2) is 6.10 Å². The first kappa shape index (κ1) is 21.4. The number of anilines is 2. The number of carbonyl (C=O) groups is 2. The molecule has 0 radical (unpaired) electrons. The van der Waals surface area contributed by atoms with Gasteiger partial charge in [-0.1, -0.05) is 23.7 Å². The zero-order valence-corrected chi connectivity index (χ0v) is 17.8. The fraction of sp³-hybridized carbons (Fsp3) is 0.167. The van der Waals surface area contributed by atoms with Crippen molar-refractivity contribution in [2.24, 2.45) is 0 Å². The number of carbonyl (C=O) groups excluding carboxylic acids is 2. The maximum atomic E-state index is 12.5. The number of hydrogen-bond donors (Lipinski definition) is 2. The van der Waals surface area contributed by atoms with E-state index in [0.717, 1.165) is 16.8 Å². The van der Waals surface area contributed by atoms with Crippen molar-refractivity contribution in [2.45, 2.75) is 26.9 Å². The molecule has 3 aromatic carbocycles. The van der Waals surface area contributed by atoms with Crippen molar-refractivity contribution in [3.63, 3.8) is 0 Å². The molecule has 30 heavy (non-hydrogen) atoms. The van der Waals surface area contributed by atoms with Crippen molar-refractivity contribution in [3.05, 3.63) is 88.4 Å². The zero-order chi connectivity index (χ0) is 21.7. The Morgan fingerprint density at radius 3 is 2.23 bits per heavy atom. The third-order valence-corrected chi connectivity index (χ3v) is 5.02. The topological polar surface area (TPSA) is 67.4 Å². The molecular weight excluding hydrogens is 400 g/mol. The van der Waals surface area contributed by atoms with Crippen LogP contribution in [0.25, 0.3) is 0 Å². The highest BCUT2D eigenvalue weighted by molar-refractivity contribution is 6.30. The molecule has 0 aliphatic carbocycles. The fourth-order valence-corrected chi connectivity index (χ4v) is 2.93. The van der Waals surface area contributed by atoms with Crippen LogP contribution in [0.1, 0.15) is 28.4 Å². The summed E-state index contributed by atoms with van der Waals surface area (Å²) < 4.78 is 5.69. The van der Waals surface area contributed by atoms with E-state index >= 15 is 0 Å². The SMILES string of the molecule is Cc1cccc(NC(=O)c2ccc(OC(C)C(=O)Nc3ccc(Cl)cc3)cc2)c1C. The summed E-state index contributed by atoms with van der Waals surface area (Å²) in [5.74, 6) is 0.00915. The maximum absolute atomic E-state index is 12.5. The minimum atomic E-state index is -0.713. The molecule has 154 valence electrons. The zero-order valence-electron chi connectivity index (χ0n) is 17.0. The van der Waals surface area contributed by atoms with E-state index in [1.807, 2.05) is 32.0 Å². The Hall–Kier alpha value is -3.31. The van der Waals surface area contributed by atoms with Gasteiger partial charge in [0.1, 0.15) is 5.75 Å². The van der Waals surface area contributed by atoms with Crippen LogP contribution >= 0.6 is 11.6 Å². The van der Waals surface area contributed by atoms with Crippen LogP contribution in [0.3, 0.4) is 0 Å². The summed E-state index contributed by atoms with van der Waals surface area (Å²) in [6.45, 7) is 5.63. The van der Waals surface area contributed by atoms with Gasteiger partial charge in [0.05, 0.1) is 0 Å². The molecule has 0 bridgehead atoms. The number of nitrogens with one attached hydrogen (secondary N) is 2. The van der Waals surface area contributed by atoms with Crippen LogP contribution in [0.4, 0.5) is 11.4 Å². The van der Waals surface area contributed by atoms with Crippen LogP contribution in [-0.4, -0.2) is 17.9 Å². The molecule has 2 N–H and O–H groups in total. The third kappa shape index (κ3) is 5.39. The molecule has 0 aliphatic rings. The number of benzene rings is 3. The van der Waals surface area contributed by atoms with Crippen molar-refractivity contribution in [3.8, 4) is 5.75 Å². The maximum Gasteiger partial charge on any atom is 0.265 e. The summed E-state index contributed by atoms with van der Waals surface area (Å²) in [7, 11) is 0. The number of aryl methyl sites for hydroxylation is 1. The average molecular weight is 423 g/mol. The number of rotatable bonds is 6. The molecule has 3 rings (SSSR count). The summed E-state index contributed by atoms with van der Waals surface area (Å²) in [5, 5.41) is 6.29. The first-order valence-electron chi connectivity index (χ1n) is 9.54. The Labute approximate surface area is 181 Å². The second-order valence-corrected chi connectivity index (χ2v) is 7.42. The normalized spacial score (nSPS) is 11.5. The molecule has 0 saturated heterocycles. The van der Waals surface area contributed by atoms with E-state index < -0.39 is 6.10 Å². The molecule has 3 aromatic rings. The highest BCUT2D eigenvalue weighted by Crippen LogP contribution is 2.20. The third-order valence-electron chi connectivity index (χ3n) is 4.76. The van der Waals surface area contributed by atoms with E-state index in [1.165, 1.54) is 0 Å². The molecule has 0 fully saturated rings. The highest BCUT2D eigenvalue weighted by Gasteiger charge is 2.15. The summed E-state index contributed by atoms with van der Waals surface area (Å²) >= 11 is 5.85. The Bertz CT molecular complexity index is 1050. The van der Waals surface area contributed by atoms with E-state index in [9.17, 15) is 9.59 Å². The van der Waals surface area contributed by atoms with Crippen molar-refractivity contribution < 1.29 is 14.3 Å². The number of amides is 2. The fourth-order valence-electron chi connectivity index (χ4n) is 2.80. The number of hydrogen-bond acceptors (Lipinski definition) is 3. The standard InChI is InChI=1S/C24H23ClN2O3/c1-15-5-4-6-22(16(15)2)27-24(29)18-7-13-21(14-8-18)30-17(3)23(28)26-20-11-9-19(25)10-12-20/h4-14,17H,1-3H3,(H,26,28)(H,27,29). The van der Waals surface area contributed by atoms with Crippen LogP contribution in [-0.2, 0) is 4.79 Å². The second kappa shape index (κ2) is 9.46. The summed E-state index contributed by atoms with van der Waals surface area (Å²) in [4.78, 5) is 24.8. The molecule has 6 heteroatoms. The lowest BCUT2D eigenvalue weighted by Crippen LogP contribution is -2.30. The van der Waals surface area contributed by atoms with Crippen LogP contribution in [0, 0.1) is 13.8 Å². The Morgan fingerprint density at radius 1 is 0.900 bits per heavy atom. The van der Waals surface area contributed by atoms with E-state index in [1.54, 1.807) is 55.5 Å². The smallest absolute Gasteiger partial charge is 0.265 e. The molecule has 1 unspecified atom stereocenters. The van der Waals surface area contributed by atoms with E-state index in [2.05, 4.69) is 10.6 Å². The number of ether oxygens (including phenoxy) is 1. The first-order valence-corrected chi connectivity index (χ1v) is 9.92. The van der Waals surface area contributed by atoms with Gasteiger partial charge in [-0.2, -0.15) is 0 Å². The highest BCUT2D eigenvalue weighted by atomic mass is 35.5. The molecular formula is C24H23ClN2O3. The van der Waals surface area contributed by atoms with Crippen LogP contribution in [0.15, 0.2) is 66.7 Å². The van der Waals surface area contributed by atoms with Gasteiger partial charge >= 0.3 is 0 Å². The Morgan fingerprint density at radius 2 is 1.57 bits per heavy atom. The summed E-state index contributed by atoms with van der Waals surface area (Å²) in [6, 6.07) is 19.3. The molecule has 2 amide bonds. The van der Waals surface area contributed by atoms with Gasteiger partial charge in [0.2, 0.25) is 0 Å². The predicted molar refractivity (Wildman–Crippen MR) is 120 cm³/mol. The van der Waals surface area contributed by atoms with E-state index in [-0.39, 0.29) is 11.8 Å². The van der Waals surface area contributed by atoms with Gasteiger partial charge in [-0.05, 0) is 86.5 Å². The van der Waals surface area contributed by atoms with Crippen LogP contribution in [0.2, 0.25) is 5.02 Å². The summed E-state index contributed by atoms with van der Waals surface area (Å²) in [6.07, 6.45) is -0.713. The van der Waals surface area contributed by atoms with Gasteiger partial charge < -0.3 is 15.4 Å². The molecule has 0 heterocycles.